The van der Waals surface area contributed by atoms with Gasteiger partial charge in [0.15, 0.2) is 11.9 Å². The van der Waals surface area contributed by atoms with E-state index in [4.69, 9.17) is 4.74 Å². The summed E-state index contributed by atoms with van der Waals surface area (Å²) in [4.78, 5) is 47.7. The first-order chi connectivity index (χ1) is 13.8. The van der Waals surface area contributed by atoms with E-state index in [-0.39, 0.29) is 30.0 Å². The van der Waals surface area contributed by atoms with Crippen molar-refractivity contribution in [3.8, 4) is 0 Å². The fourth-order valence-corrected chi connectivity index (χ4v) is 2.83. The second-order valence-electron chi connectivity index (χ2n) is 6.05. The smallest absolute Gasteiger partial charge is 0.307 e. The number of carbonyl (C=O) groups excluding carboxylic acids is 3. The largest absolute Gasteiger partial charge is 0.453 e. The SMILES string of the molecule is CSc1ccc(C(=O)CCC(=O)O[C@H](C)C(=O)Nc2ccccc2[N+](=O)[O-])cc1. The van der Waals surface area contributed by atoms with Gasteiger partial charge in [-0.25, -0.2) is 0 Å². The predicted octanol–water partition coefficient (Wildman–Crippen LogP) is 3.85. The molecule has 29 heavy (non-hydrogen) atoms. The molecule has 2 aromatic rings. The number of para-hydroxylation sites is 2. The van der Waals surface area contributed by atoms with Gasteiger partial charge in [0.05, 0.1) is 11.3 Å². The molecule has 0 aromatic heterocycles. The molecule has 9 heteroatoms. The molecule has 2 aromatic carbocycles. The average molecular weight is 416 g/mol. The van der Waals surface area contributed by atoms with Gasteiger partial charge in [0.2, 0.25) is 0 Å². The summed E-state index contributed by atoms with van der Waals surface area (Å²) in [7, 11) is 0. The van der Waals surface area contributed by atoms with Crippen LogP contribution in [0, 0.1) is 10.1 Å². The van der Waals surface area contributed by atoms with Gasteiger partial charge in [-0.1, -0.05) is 24.3 Å². The highest BCUT2D eigenvalue weighted by atomic mass is 32.2. The molecule has 0 unspecified atom stereocenters. The van der Waals surface area contributed by atoms with Crippen LogP contribution < -0.4 is 5.32 Å². The third-order valence-electron chi connectivity index (χ3n) is 4.00. The lowest BCUT2D eigenvalue weighted by atomic mass is 10.1. The lowest BCUT2D eigenvalue weighted by molar-refractivity contribution is -0.383. The Kier molecular flexibility index (Phi) is 7.90. The fraction of sp³-hybridized carbons (Fsp3) is 0.250. The Morgan fingerprint density at radius 3 is 2.38 bits per heavy atom. The second-order valence-corrected chi connectivity index (χ2v) is 6.93. The van der Waals surface area contributed by atoms with E-state index >= 15 is 0 Å². The van der Waals surface area contributed by atoms with Gasteiger partial charge in [-0.3, -0.25) is 24.5 Å². The summed E-state index contributed by atoms with van der Waals surface area (Å²) in [5.74, 6) is -1.61. The number of ether oxygens (including phenoxy) is 1. The highest BCUT2D eigenvalue weighted by Crippen LogP contribution is 2.23. The van der Waals surface area contributed by atoms with Crippen molar-refractivity contribution in [3.63, 3.8) is 0 Å². The summed E-state index contributed by atoms with van der Waals surface area (Å²) in [5.41, 5.74) is 0.240. The molecule has 0 heterocycles. The Morgan fingerprint density at radius 1 is 1.10 bits per heavy atom. The Hall–Kier alpha value is -3.20. The molecule has 8 nitrogen and oxygen atoms in total. The summed E-state index contributed by atoms with van der Waals surface area (Å²) in [6.07, 6.45) is 0.542. The van der Waals surface area contributed by atoms with Crippen LogP contribution >= 0.6 is 11.8 Å². The van der Waals surface area contributed by atoms with E-state index in [2.05, 4.69) is 5.32 Å². The van der Waals surface area contributed by atoms with Gasteiger partial charge in [0.1, 0.15) is 5.69 Å². The van der Waals surface area contributed by atoms with Crippen LogP contribution in [0.25, 0.3) is 0 Å². The molecule has 0 aliphatic heterocycles. The van der Waals surface area contributed by atoms with Crippen molar-refractivity contribution < 1.29 is 24.0 Å². The highest BCUT2D eigenvalue weighted by molar-refractivity contribution is 7.98. The van der Waals surface area contributed by atoms with Gasteiger partial charge in [0.25, 0.3) is 11.6 Å². The summed E-state index contributed by atoms with van der Waals surface area (Å²) in [5, 5.41) is 13.4. The number of hydrogen-bond donors (Lipinski definition) is 1. The first-order valence-corrected chi connectivity index (χ1v) is 9.95. The van der Waals surface area contributed by atoms with Crippen molar-refractivity contribution in [3.05, 3.63) is 64.2 Å². The molecule has 152 valence electrons. The molecule has 1 amide bonds. The van der Waals surface area contributed by atoms with Crippen molar-refractivity contribution in [2.24, 2.45) is 0 Å². The number of nitrogens with zero attached hydrogens (tertiary/aromatic N) is 1. The molecule has 1 atom stereocenters. The number of ketones is 1. The second kappa shape index (κ2) is 10.4. The number of thioether (sulfide) groups is 1. The lowest BCUT2D eigenvalue weighted by Gasteiger charge is -2.13. The van der Waals surface area contributed by atoms with Crippen LogP contribution in [0.15, 0.2) is 53.4 Å². The summed E-state index contributed by atoms with van der Waals surface area (Å²) in [6, 6.07) is 12.7. The van der Waals surface area contributed by atoms with Crippen molar-refractivity contribution in [1.82, 2.24) is 0 Å². The van der Waals surface area contributed by atoms with Gasteiger partial charge in [-0.15, -0.1) is 11.8 Å². The number of Topliss-reactive ketones (excluding diaryl/α,β-unsaturated/α-hetero) is 1. The lowest BCUT2D eigenvalue weighted by Crippen LogP contribution is -2.30. The molecule has 0 radical (unpaired) electrons. The maximum Gasteiger partial charge on any atom is 0.307 e. The predicted molar refractivity (Wildman–Crippen MR) is 109 cm³/mol. The van der Waals surface area contributed by atoms with Gasteiger partial charge in [-0.05, 0) is 31.4 Å². The van der Waals surface area contributed by atoms with Gasteiger partial charge in [0, 0.05) is 22.9 Å². The van der Waals surface area contributed by atoms with Crippen molar-refractivity contribution in [1.29, 1.82) is 0 Å². The first-order valence-electron chi connectivity index (χ1n) is 8.73. The monoisotopic (exact) mass is 416 g/mol. The number of rotatable bonds is 9. The van der Waals surface area contributed by atoms with Crippen LogP contribution in [-0.2, 0) is 14.3 Å². The van der Waals surface area contributed by atoms with Gasteiger partial charge >= 0.3 is 5.97 Å². The van der Waals surface area contributed by atoms with E-state index in [0.29, 0.717) is 5.56 Å². The Labute approximate surface area is 171 Å². The topological polar surface area (TPSA) is 116 Å². The summed E-state index contributed by atoms with van der Waals surface area (Å²) in [6.45, 7) is 1.35. The van der Waals surface area contributed by atoms with Crippen molar-refractivity contribution in [2.45, 2.75) is 30.8 Å². The number of amides is 1. The molecule has 0 bridgehead atoms. The minimum Gasteiger partial charge on any atom is -0.453 e. The molecule has 0 aliphatic carbocycles. The summed E-state index contributed by atoms with van der Waals surface area (Å²) >= 11 is 1.56. The minimum atomic E-state index is -1.17. The normalized spacial score (nSPS) is 11.4. The van der Waals surface area contributed by atoms with Crippen LogP contribution in [0.2, 0.25) is 0 Å². The van der Waals surface area contributed by atoms with Crippen LogP contribution in [0.5, 0.6) is 0 Å². The maximum atomic E-state index is 12.2. The van der Waals surface area contributed by atoms with Gasteiger partial charge < -0.3 is 10.1 Å². The molecule has 0 aliphatic rings. The van der Waals surface area contributed by atoms with Crippen LogP contribution in [0.3, 0.4) is 0 Å². The maximum absolute atomic E-state index is 12.2. The molecular formula is C20H20N2O6S. The van der Waals surface area contributed by atoms with Crippen molar-refractivity contribution >= 4 is 40.8 Å². The molecule has 0 saturated carbocycles. The number of anilines is 1. The highest BCUT2D eigenvalue weighted by Gasteiger charge is 2.22. The zero-order valence-corrected chi connectivity index (χ0v) is 16.7. The quantitative estimate of drug-likeness (QED) is 0.217. The Morgan fingerprint density at radius 2 is 1.76 bits per heavy atom. The minimum absolute atomic E-state index is 0.00858. The molecule has 0 fully saturated rings. The molecule has 1 N–H and O–H groups in total. The zero-order valence-electron chi connectivity index (χ0n) is 15.9. The van der Waals surface area contributed by atoms with Crippen LogP contribution in [-0.4, -0.2) is 34.9 Å². The van der Waals surface area contributed by atoms with Crippen molar-refractivity contribution in [2.75, 3.05) is 11.6 Å². The Balaban J connectivity index is 1.85. The van der Waals surface area contributed by atoms with E-state index in [0.717, 1.165) is 4.90 Å². The first kappa shape index (κ1) is 22.1. The fourth-order valence-electron chi connectivity index (χ4n) is 2.42. The zero-order chi connectivity index (χ0) is 21.4. The van der Waals surface area contributed by atoms with E-state index in [1.54, 1.807) is 23.9 Å². The Bertz CT molecular complexity index is 913. The molecular weight excluding hydrogens is 396 g/mol. The van der Waals surface area contributed by atoms with Crippen LogP contribution in [0.1, 0.15) is 30.1 Å². The van der Waals surface area contributed by atoms with E-state index in [1.165, 1.54) is 31.2 Å². The number of carbonyl (C=O) groups is 3. The standard InChI is InChI=1S/C20H20N2O6S/c1-13(20(25)21-16-5-3-4-6-17(16)22(26)27)28-19(24)12-11-18(23)14-7-9-15(29-2)10-8-14/h3-10,13H,11-12H2,1-2H3,(H,21,25)/t13-/m1/s1. The molecule has 2 rings (SSSR count). The molecule has 0 spiro atoms. The number of benzene rings is 2. The number of nitrogens with one attached hydrogen (secondary N) is 1. The number of esters is 1. The number of nitro benzene ring substituents is 1. The third kappa shape index (κ3) is 6.42. The van der Waals surface area contributed by atoms with Crippen LogP contribution in [0.4, 0.5) is 11.4 Å². The third-order valence-corrected chi connectivity index (χ3v) is 4.75. The van der Waals surface area contributed by atoms with E-state index < -0.39 is 22.9 Å². The number of hydrogen-bond acceptors (Lipinski definition) is 7. The van der Waals surface area contributed by atoms with Gasteiger partial charge in [-0.2, -0.15) is 0 Å². The number of nitro groups is 1. The van der Waals surface area contributed by atoms with E-state index in [9.17, 15) is 24.5 Å². The molecule has 0 saturated heterocycles. The summed E-state index contributed by atoms with van der Waals surface area (Å²) < 4.78 is 5.03. The average Bonchev–Trinajstić information content (AvgIpc) is 2.72. The van der Waals surface area contributed by atoms with E-state index in [1.807, 2.05) is 18.4 Å².